The standard InChI is InChI=1S/C12H17ClN2O3S.ClH/c13-11-1-3-12(4-2-11)19(17,18)15-7-5-14(6-8-15)9-10-16;/h1-4,16H,5-10H2;1H. The highest BCUT2D eigenvalue weighted by molar-refractivity contribution is 7.89. The Morgan fingerprint density at radius 1 is 1.10 bits per heavy atom. The van der Waals surface area contributed by atoms with Crippen LogP contribution < -0.4 is 0 Å². The van der Waals surface area contributed by atoms with Crippen LogP contribution in [0.3, 0.4) is 0 Å². The molecule has 1 heterocycles. The van der Waals surface area contributed by atoms with E-state index in [0.717, 1.165) is 0 Å². The summed E-state index contributed by atoms with van der Waals surface area (Å²) >= 11 is 5.76. The molecule has 0 spiro atoms. The van der Waals surface area contributed by atoms with E-state index in [1.54, 1.807) is 12.1 Å². The SMILES string of the molecule is Cl.O=S(=O)(c1ccc(Cl)cc1)N1CCN(CCO)CC1. The highest BCUT2D eigenvalue weighted by atomic mass is 35.5. The second-order valence-electron chi connectivity index (χ2n) is 4.42. The number of hydrogen-bond acceptors (Lipinski definition) is 4. The molecule has 2 rings (SSSR count). The number of β-amino-alcohol motifs (C(OH)–C–C–N with tert-alkyl or cyclic N) is 1. The van der Waals surface area contributed by atoms with Gasteiger partial charge >= 0.3 is 0 Å². The van der Waals surface area contributed by atoms with Crippen molar-refractivity contribution in [2.75, 3.05) is 39.3 Å². The minimum Gasteiger partial charge on any atom is -0.395 e. The van der Waals surface area contributed by atoms with Crippen molar-refractivity contribution in [3.63, 3.8) is 0 Å². The third-order valence-electron chi connectivity index (χ3n) is 3.20. The first-order valence-electron chi connectivity index (χ1n) is 6.13. The molecule has 1 aliphatic rings. The van der Waals surface area contributed by atoms with Gasteiger partial charge in [0.25, 0.3) is 0 Å². The summed E-state index contributed by atoms with van der Waals surface area (Å²) in [5, 5.41) is 9.38. The van der Waals surface area contributed by atoms with Crippen molar-refractivity contribution in [1.82, 2.24) is 9.21 Å². The molecule has 0 bridgehead atoms. The van der Waals surface area contributed by atoms with Gasteiger partial charge in [-0.05, 0) is 24.3 Å². The summed E-state index contributed by atoms with van der Waals surface area (Å²) in [7, 11) is -3.43. The molecule has 8 heteroatoms. The molecule has 0 radical (unpaired) electrons. The van der Waals surface area contributed by atoms with Crippen LogP contribution in [0.5, 0.6) is 0 Å². The molecule has 0 saturated carbocycles. The number of nitrogens with zero attached hydrogens (tertiary/aromatic N) is 2. The van der Waals surface area contributed by atoms with E-state index in [9.17, 15) is 8.42 Å². The van der Waals surface area contributed by atoms with E-state index in [-0.39, 0.29) is 23.9 Å². The van der Waals surface area contributed by atoms with Crippen LogP contribution in [0.25, 0.3) is 0 Å². The van der Waals surface area contributed by atoms with Gasteiger partial charge in [-0.2, -0.15) is 4.31 Å². The van der Waals surface area contributed by atoms with Crippen LogP contribution in [-0.4, -0.2) is 62.1 Å². The Hall–Kier alpha value is -0.370. The van der Waals surface area contributed by atoms with Gasteiger partial charge in [0.05, 0.1) is 11.5 Å². The molecule has 0 atom stereocenters. The largest absolute Gasteiger partial charge is 0.395 e. The number of aliphatic hydroxyl groups excluding tert-OH is 1. The maximum atomic E-state index is 12.4. The highest BCUT2D eigenvalue weighted by Gasteiger charge is 2.28. The molecule has 1 aromatic rings. The van der Waals surface area contributed by atoms with Gasteiger partial charge in [-0.1, -0.05) is 11.6 Å². The molecule has 0 aromatic heterocycles. The van der Waals surface area contributed by atoms with Gasteiger partial charge in [-0.15, -0.1) is 12.4 Å². The zero-order chi connectivity index (χ0) is 13.9. The normalized spacial score (nSPS) is 17.7. The Balaban J connectivity index is 0.00000200. The summed E-state index contributed by atoms with van der Waals surface area (Å²) in [4.78, 5) is 2.32. The molecule has 0 aliphatic carbocycles. The number of piperazine rings is 1. The third-order valence-corrected chi connectivity index (χ3v) is 5.36. The van der Waals surface area contributed by atoms with Crippen LogP contribution in [-0.2, 0) is 10.0 Å². The van der Waals surface area contributed by atoms with Gasteiger partial charge in [0.2, 0.25) is 10.0 Å². The maximum Gasteiger partial charge on any atom is 0.243 e. The van der Waals surface area contributed by atoms with Crippen molar-refractivity contribution >= 4 is 34.0 Å². The number of halogens is 2. The Labute approximate surface area is 130 Å². The Morgan fingerprint density at radius 2 is 1.65 bits per heavy atom. The van der Waals surface area contributed by atoms with E-state index >= 15 is 0 Å². The molecule has 1 saturated heterocycles. The maximum absolute atomic E-state index is 12.4. The zero-order valence-electron chi connectivity index (χ0n) is 10.9. The Bertz CT molecular complexity index is 514. The van der Waals surface area contributed by atoms with Crippen molar-refractivity contribution in [3.05, 3.63) is 29.3 Å². The summed E-state index contributed by atoms with van der Waals surface area (Å²) in [6, 6.07) is 6.21. The monoisotopic (exact) mass is 340 g/mol. The molecule has 0 unspecified atom stereocenters. The molecular formula is C12H18Cl2N2O3S. The van der Waals surface area contributed by atoms with E-state index in [0.29, 0.717) is 37.7 Å². The first-order chi connectivity index (χ1) is 9.04. The van der Waals surface area contributed by atoms with Gasteiger partial charge in [-0.25, -0.2) is 8.42 Å². The first-order valence-corrected chi connectivity index (χ1v) is 7.95. The quantitative estimate of drug-likeness (QED) is 0.890. The van der Waals surface area contributed by atoms with Crippen LogP contribution in [0, 0.1) is 0 Å². The fourth-order valence-electron chi connectivity index (χ4n) is 2.09. The van der Waals surface area contributed by atoms with Crippen LogP contribution in [0.4, 0.5) is 0 Å². The molecule has 1 aliphatic heterocycles. The van der Waals surface area contributed by atoms with Crippen molar-refractivity contribution in [1.29, 1.82) is 0 Å². The molecule has 1 aromatic carbocycles. The van der Waals surface area contributed by atoms with Gasteiger partial charge < -0.3 is 5.11 Å². The molecule has 5 nitrogen and oxygen atoms in total. The molecule has 114 valence electrons. The first kappa shape index (κ1) is 17.7. The van der Waals surface area contributed by atoms with E-state index in [2.05, 4.69) is 0 Å². The van der Waals surface area contributed by atoms with E-state index in [4.69, 9.17) is 16.7 Å². The minimum absolute atomic E-state index is 0. The van der Waals surface area contributed by atoms with Crippen molar-refractivity contribution in [2.24, 2.45) is 0 Å². The van der Waals surface area contributed by atoms with Crippen molar-refractivity contribution in [3.8, 4) is 0 Å². The summed E-state index contributed by atoms with van der Waals surface area (Å²) < 4.78 is 26.2. The summed E-state index contributed by atoms with van der Waals surface area (Å²) in [6.45, 7) is 2.88. The van der Waals surface area contributed by atoms with Crippen LogP contribution in [0.2, 0.25) is 5.02 Å². The Morgan fingerprint density at radius 3 is 2.15 bits per heavy atom. The fraction of sp³-hybridized carbons (Fsp3) is 0.500. The lowest BCUT2D eigenvalue weighted by Gasteiger charge is -2.33. The van der Waals surface area contributed by atoms with Crippen LogP contribution in [0.15, 0.2) is 29.2 Å². The highest BCUT2D eigenvalue weighted by Crippen LogP contribution is 2.19. The average molecular weight is 341 g/mol. The van der Waals surface area contributed by atoms with Crippen LogP contribution >= 0.6 is 24.0 Å². The number of sulfonamides is 1. The second kappa shape index (κ2) is 7.59. The lowest BCUT2D eigenvalue weighted by Crippen LogP contribution is -2.49. The molecule has 1 N–H and O–H groups in total. The lowest BCUT2D eigenvalue weighted by molar-refractivity contribution is 0.151. The van der Waals surface area contributed by atoms with Crippen LogP contribution in [0.1, 0.15) is 0 Å². The van der Waals surface area contributed by atoms with Gasteiger partial charge in [0.15, 0.2) is 0 Å². The van der Waals surface area contributed by atoms with Gasteiger partial charge in [-0.3, -0.25) is 4.90 Å². The number of aliphatic hydroxyl groups is 1. The number of hydrogen-bond donors (Lipinski definition) is 1. The van der Waals surface area contributed by atoms with Gasteiger partial charge in [0.1, 0.15) is 0 Å². The lowest BCUT2D eigenvalue weighted by atomic mass is 10.4. The summed E-state index contributed by atoms with van der Waals surface area (Å²) in [6.07, 6.45) is 0. The smallest absolute Gasteiger partial charge is 0.243 e. The third kappa shape index (κ3) is 4.07. The number of rotatable bonds is 4. The minimum atomic E-state index is -3.43. The second-order valence-corrected chi connectivity index (χ2v) is 6.80. The predicted molar refractivity (Wildman–Crippen MR) is 81.0 cm³/mol. The average Bonchev–Trinajstić information content (AvgIpc) is 2.40. The molecular weight excluding hydrogens is 323 g/mol. The topological polar surface area (TPSA) is 60.9 Å². The molecule has 1 fully saturated rings. The number of benzene rings is 1. The molecule has 0 amide bonds. The van der Waals surface area contributed by atoms with E-state index < -0.39 is 10.0 Å². The molecule has 20 heavy (non-hydrogen) atoms. The van der Waals surface area contributed by atoms with Crippen molar-refractivity contribution in [2.45, 2.75) is 4.90 Å². The van der Waals surface area contributed by atoms with Crippen molar-refractivity contribution < 1.29 is 13.5 Å². The van der Waals surface area contributed by atoms with E-state index in [1.165, 1.54) is 16.4 Å². The van der Waals surface area contributed by atoms with Gasteiger partial charge in [0, 0.05) is 37.7 Å². The summed E-state index contributed by atoms with van der Waals surface area (Å²) in [5.74, 6) is 0. The predicted octanol–water partition coefficient (Wildman–Crippen LogP) is 1.06. The van der Waals surface area contributed by atoms with E-state index in [1.807, 2.05) is 4.90 Å². The fourth-order valence-corrected chi connectivity index (χ4v) is 3.64. The summed E-state index contributed by atoms with van der Waals surface area (Å²) in [5.41, 5.74) is 0. The zero-order valence-corrected chi connectivity index (χ0v) is 13.3. The Kier molecular flexibility index (Phi) is 6.71.